The molecule has 0 aromatic rings. The zero-order valence-electron chi connectivity index (χ0n) is 13.2. The predicted molar refractivity (Wildman–Crippen MR) is 79.8 cm³/mol. The zero-order chi connectivity index (χ0) is 15.6. The van der Waals surface area contributed by atoms with Crippen LogP contribution < -0.4 is 11.1 Å². The number of piperidine rings is 1. The number of nitrogens with one attached hydrogen (secondary N) is 1. The molecular formula is C15H27N3O3. The molecule has 2 fully saturated rings. The average molecular weight is 297 g/mol. The number of rotatable bonds is 3. The highest BCUT2D eigenvalue weighted by atomic mass is 16.6. The number of likely N-dealkylation sites (tertiary alicyclic amines) is 1. The van der Waals surface area contributed by atoms with Gasteiger partial charge in [-0.15, -0.1) is 0 Å². The van der Waals surface area contributed by atoms with Crippen molar-refractivity contribution < 1.29 is 14.3 Å². The molecule has 0 radical (unpaired) electrons. The molecule has 0 aromatic heterocycles. The van der Waals surface area contributed by atoms with E-state index in [9.17, 15) is 9.59 Å². The van der Waals surface area contributed by atoms with Crippen molar-refractivity contribution in [3.05, 3.63) is 0 Å². The summed E-state index contributed by atoms with van der Waals surface area (Å²) in [6.45, 7) is 6.67. The Hall–Kier alpha value is -1.46. The molecule has 1 saturated carbocycles. The first kappa shape index (κ1) is 15.9. The molecule has 2 aliphatic rings. The fraction of sp³-hybridized carbons (Fsp3) is 0.867. The molecule has 1 saturated heterocycles. The Labute approximate surface area is 126 Å². The molecule has 1 aliphatic heterocycles. The van der Waals surface area contributed by atoms with Crippen LogP contribution in [0.5, 0.6) is 0 Å². The fourth-order valence-electron chi connectivity index (χ4n) is 2.96. The Morgan fingerprint density at radius 2 is 1.90 bits per heavy atom. The second-order valence-electron chi connectivity index (χ2n) is 7.37. The predicted octanol–water partition coefficient (Wildman–Crippen LogP) is 2.08. The van der Waals surface area contributed by atoms with Crippen LogP contribution in [0.2, 0.25) is 0 Å². The molecule has 0 bridgehead atoms. The van der Waals surface area contributed by atoms with Crippen LogP contribution in [0.25, 0.3) is 0 Å². The van der Waals surface area contributed by atoms with Crippen molar-refractivity contribution in [1.82, 2.24) is 10.2 Å². The lowest BCUT2D eigenvalue weighted by atomic mass is 9.90. The molecule has 1 aliphatic carbocycles. The first-order valence-corrected chi connectivity index (χ1v) is 7.77. The lowest BCUT2D eigenvalue weighted by Crippen LogP contribution is -2.54. The minimum Gasteiger partial charge on any atom is -0.444 e. The van der Waals surface area contributed by atoms with E-state index in [0.29, 0.717) is 19.0 Å². The van der Waals surface area contributed by atoms with Crippen molar-refractivity contribution in [3.8, 4) is 0 Å². The fourth-order valence-corrected chi connectivity index (χ4v) is 2.96. The quantitative estimate of drug-likeness (QED) is 0.836. The van der Waals surface area contributed by atoms with Crippen molar-refractivity contribution in [3.63, 3.8) is 0 Å². The van der Waals surface area contributed by atoms with E-state index in [1.807, 2.05) is 20.8 Å². The number of urea groups is 1. The maximum Gasteiger partial charge on any atom is 0.407 e. The Kier molecular flexibility index (Phi) is 4.64. The van der Waals surface area contributed by atoms with E-state index in [4.69, 9.17) is 10.5 Å². The second-order valence-corrected chi connectivity index (χ2v) is 7.37. The van der Waals surface area contributed by atoms with Gasteiger partial charge in [-0.25, -0.2) is 9.59 Å². The molecule has 0 aromatic carbocycles. The summed E-state index contributed by atoms with van der Waals surface area (Å²) in [6, 6.07) is -0.490. The third kappa shape index (κ3) is 5.44. The highest BCUT2D eigenvalue weighted by molar-refractivity contribution is 5.72. The standard InChI is InChI=1S/C15H27N3O3/c1-15(2,3)21-14(20)17-12-7-11(6-10-4-5-10)8-18(9-12)13(16)19/h10-12H,4-9H2,1-3H3,(H2,16,19)(H,17,20). The second kappa shape index (κ2) is 6.12. The van der Waals surface area contributed by atoms with Crippen molar-refractivity contribution in [2.24, 2.45) is 17.6 Å². The average Bonchev–Trinajstić information content (AvgIpc) is 3.09. The van der Waals surface area contributed by atoms with Gasteiger partial charge < -0.3 is 20.7 Å². The van der Waals surface area contributed by atoms with Gasteiger partial charge in [0, 0.05) is 13.1 Å². The molecule has 3 amide bonds. The maximum absolute atomic E-state index is 11.9. The summed E-state index contributed by atoms with van der Waals surface area (Å²) in [5.41, 5.74) is 4.90. The summed E-state index contributed by atoms with van der Waals surface area (Å²) in [6.07, 6.45) is 4.16. The number of hydrogen-bond acceptors (Lipinski definition) is 3. The Bertz CT molecular complexity index is 401. The van der Waals surface area contributed by atoms with Crippen molar-refractivity contribution in [2.75, 3.05) is 13.1 Å². The Morgan fingerprint density at radius 1 is 1.24 bits per heavy atom. The SMILES string of the molecule is CC(C)(C)OC(=O)NC1CC(CC2CC2)CN(C(N)=O)C1. The molecule has 0 spiro atoms. The van der Waals surface area contributed by atoms with Gasteiger partial charge in [0.05, 0.1) is 6.04 Å². The topological polar surface area (TPSA) is 84.7 Å². The van der Waals surface area contributed by atoms with Gasteiger partial charge in [-0.2, -0.15) is 0 Å². The summed E-state index contributed by atoms with van der Waals surface area (Å²) in [7, 11) is 0. The van der Waals surface area contributed by atoms with Crippen LogP contribution in [0, 0.1) is 11.8 Å². The molecule has 2 rings (SSSR count). The van der Waals surface area contributed by atoms with E-state index in [2.05, 4.69) is 5.32 Å². The Balaban J connectivity index is 1.90. The number of carbonyl (C=O) groups excluding carboxylic acids is 2. The number of alkyl carbamates (subject to hydrolysis) is 1. The minimum atomic E-state index is -0.518. The molecule has 6 heteroatoms. The molecule has 2 unspecified atom stereocenters. The Morgan fingerprint density at radius 3 is 2.43 bits per heavy atom. The molecule has 6 nitrogen and oxygen atoms in total. The number of amides is 3. The van der Waals surface area contributed by atoms with Gasteiger partial charge in [-0.3, -0.25) is 0 Å². The zero-order valence-corrected chi connectivity index (χ0v) is 13.2. The number of nitrogens with two attached hydrogens (primary N) is 1. The molecule has 3 N–H and O–H groups in total. The van der Waals surface area contributed by atoms with Gasteiger partial charge in [0.15, 0.2) is 0 Å². The molecule has 120 valence electrons. The number of nitrogens with zero attached hydrogens (tertiary/aromatic N) is 1. The smallest absolute Gasteiger partial charge is 0.407 e. The third-order valence-corrected chi connectivity index (χ3v) is 3.93. The van der Waals surface area contributed by atoms with Crippen LogP contribution in [0.1, 0.15) is 46.5 Å². The van der Waals surface area contributed by atoms with Crippen LogP contribution in [0.15, 0.2) is 0 Å². The van der Waals surface area contributed by atoms with Crippen LogP contribution >= 0.6 is 0 Å². The van der Waals surface area contributed by atoms with Gasteiger partial charge in [0.25, 0.3) is 0 Å². The summed E-state index contributed by atoms with van der Waals surface area (Å²) in [5.74, 6) is 1.21. The summed E-state index contributed by atoms with van der Waals surface area (Å²) < 4.78 is 5.28. The van der Waals surface area contributed by atoms with Crippen LogP contribution in [-0.2, 0) is 4.74 Å². The van der Waals surface area contributed by atoms with E-state index in [1.165, 1.54) is 12.8 Å². The van der Waals surface area contributed by atoms with Crippen LogP contribution in [-0.4, -0.2) is 41.8 Å². The van der Waals surface area contributed by atoms with E-state index < -0.39 is 17.7 Å². The van der Waals surface area contributed by atoms with Crippen molar-refractivity contribution >= 4 is 12.1 Å². The summed E-state index contributed by atoms with van der Waals surface area (Å²) >= 11 is 0. The largest absolute Gasteiger partial charge is 0.444 e. The van der Waals surface area contributed by atoms with Gasteiger partial charge >= 0.3 is 12.1 Å². The number of hydrogen-bond donors (Lipinski definition) is 2. The van der Waals surface area contributed by atoms with Crippen molar-refractivity contribution in [2.45, 2.75) is 58.1 Å². The number of primary amides is 1. The van der Waals surface area contributed by atoms with E-state index in [0.717, 1.165) is 18.8 Å². The molecular weight excluding hydrogens is 270 g/mol. The minimum absolute atomic E-state index is 0.0788. The van der Waals surface area contributed by atoms with Crippen LogP contribution in [0.3, 0.4) is 0 Å². The van der Waals surface area contributed by atoms with E-state index >= 15 is 0 Å². The number of carbonyl (C=O) groups is 2. The van der Waals surface area contributed by atoms with Gasteiger partial charge in [-0.1, -0.05) is 12.8 Å². The lowest BCUT2D eigenvalue weighted by Gasteiger charge is -2.37. The van der Waals surface area contributed by atoms with Crippen molar-refractivity contribution in [1.29, 1.82) is 0 Å². The van der Waals surface area contributed by atoms with E-state index in [1.54, 1.807) is 4.90 Å². The van der Waals surface area contributed by atoms with E-state index in [-0.39, 0.29) is 6.04 Å². The van der Waals surface area contributed by atoms with Gasteiger partial charge in [0.1, 0.15) is 5.60 Å². The highest BCUT2D eigenvalue weighted by Gasteiger charge is 2.34. The normalized spacial score (nSPS) is 26.3. The van der Waals surface area contributed by atoms with Crippen LogP contribution in [0.4, 0.5) is 9.59 Å². The van der Waals surface area contributed by atoms with Gasteiger partial charge in [0.2, 0.25) is 0 Å². The monoisotopic (exact) mass is 297 g/mol. The number of ether oxygens (including phenoxy) is 1. The molecule has 2 atom stereocenters. The highest BCUT2D eigenvalue weighted by Crippen LogP contribution is 2.37. The maximum atomic E-state index is 11.9. The van der Waals surface area contributed by atoms with Gasteiger partial charge in [-0.05, 0) is 45.4 Å². The molecule has 21 heavy (non-hydrogen) atoms. The summed E-state index contributed by atoms with van der Waals surface area (Å²) in [5, 5.41) is 2.87. The third-order valence-electron chi connectivity index (χ3n) is 3.93. The lowest BCUT2D eigenvalue weighted by molar-refractivity contribution is 0.0460. The first-order chi connectivity index (χ1) is 9.73. The molecule has 1 heterocycles. The summed E-state index contributed by atoms with van der Waals surface area (Å²) in [4.78, 5) is 25.0. The first-order valence-electron chi connectivity index (χ1n) is 7.77.